The van der Waals surface area contributed by atoms with Gasteiger partial charge in [0.05, 0.1) is 0 Å². The fourth-order valence-corrected chi connectivity index (χ4v) is 2.55. The standard InChI is InChI=1S/C15H18N4/c1-10-6-13(11-2-3-15(16)18-9-11)7-14(19-10)12-4-5-17-8-12/h2-3,6-7,9,12,17H,4-5,8H2,1H3,(H2,16,18)/t12-/m0/s1. The van der Waals surface area contributed by atoms with Gasteiger partial charge >= 0.3 is 0 Å². The second-order valence-electron chi connectivity index (χ2n) is 5.08. The highest BCUT2D eigenvalue weighted by atomic mass is 14.9. The molecule has 3 N–H and O–H groups in total. The van der Waals surface area contributed by atoms with Gasteiger partial charge in [-0.1, -0.05) is 0 Å². The number of anilines is 1. The van der Waals surface area contributed by atoms with Gasteiger partial charge in [0.2, 0.25) is 0 Å². The van der Waals surface area contributed by atoms with Crippen LogP contribution in [0.2, 0.25) is 0 Å². The maximum Gasteiger partial charge on any atom is 0.123 e. The maximum absolute atomic E-state index is 5.63. The second kappa shape index (κ2) is 4.97. The van der Waals surface area contributed by atoms with E-state index in [-0.39, 0.29) is 0 Å². The Labute approximate surface area is 113 Å². The van der Waals surface area contributed by atoms with Gasteiger partial charge in [0, 0.05) is 35.6 Å². The van der Waals surface area contributed by atoms with Gasteiger partial charge < -0.3 is 11.1 Å². The molecule has 0 bridgehead atoms. The number of nitrogen functional groups attached to an aromatic ring is 1. The number of rotatable bonds is 2. The molecule has 2 aromatic heterocycles. The Morgan fingerprint density at radius 3 is 2.84 bits per heavy atom. The lowest BCUT2D eigenvalue weighted by atomic mass is 9.99. The molecule has 98 valence electrons. The summed E-state index contributed by atoms with van der Waals surface area (Å²) in [4.78, 5) is 8.83. The van der Waals surface area contributed by atoms with Crippen molar-refractivity contribution in [3.63, 3.8) is 0 Å². The zero-order chi connectivity index (χ0) is 13.2. The number of nitrogens with zero attached hydrogens (tertiary/aromatic N) is 2. The minimum Gasteiger partial charge on any atom is -0.384 e. The molecule has 0 amide bonds. The SMILES string of the molecule is Cc1cc(-c2ccc(N)nc2)cc([C@H]2CCNC2)n1. The highest BCUT2D eigenvalue weighted by molar-refractivity contribution is 5.64. The number of pyridine rings is 2. The van der Waals surface area contributed by atoms with Crippen molar-refractivity contribution in [2.45, 2.75) is 19.3 Å². The van der Waals surface area contributed by atoms with Crippen LogP contribution in [0.5, 0.6) is 0 Å². The quantitative estimate of drug-likeness (QED) is 0.861. The smallest absolute Gasteiger partial charge is 0.123 e. The van der Waals surface area contributed by atoms with Gasteiger partial charge in [-0.2, -0.15) is 0 Å². The molecule has 0 aromatic carbocycles. The Morgan fingerprint density at radius 2 is 2.16 bits per heavy atom. The zero-order valence-electron chi connectivity index (χ0n) is 11.1. The summed E-state index contributed by atoms with van der Waals surface area (Å²) in [6, 6.07) is 8.12. The van der Waals surface area contributed by atoms with E-state index in [1.165, 1.54) is 11.3 Å². The molecule has 3 heterocycles. The first-order chi connectivity index (χ1) is 9.22. The summed E-state index contributed by atoms with van der Waals surface area (Å²) in [5, 5.41) is 3.39. The van der Waals surface area contributed by atoms with E-state index in [1.54, 1.807) is 0 Å². The van der Waals surface area contributed by atoms with Crippen molar-refractivity contribution in [3.8, 4) is 11.1 Å². The summed E-state index contributed by atoms with van der Waals surface area (Å²) in [7, 11) is 0. The molecular formula is C15H18N4. The summed E-state index contributed by atoms with van der Waals surface area (Å²) in [6.45, 7) is 4.15. The molecule has 0 saturated carbocycles. The maximum atomic E-state index is 5.63. The molecular weight excluding hydrogens is 236 g/mol. The van der Waals surface area contributed by atoms with Crippen LogP contribution in [0.1, 0.15) is 23.7 Å². The van der Waals surface area contributed by atoms with Crippen LogP contribution in [-0.2, 0) is 0 Å². The number of hydrogen-bond donors (Lipinski definition) is 2. The molecule has 3 rings (SSSR count). The van der Waals surface area contributed by atoms with Crippen molar-refractivity contribution in [2.24, 2.45) is 0 Å². The number of nitrogens with two attached hydrogens (primary N) is 1. The average Bonchev–Trinajstić information content (AvgIpc) is 2.93. The predicted octanol–water partition coefficient (Wildman–Crippen LogP) is 2.11. The summed E-state index contributed by atoms with van der Waals surface area (Å²) < 4.78 is 0. The molecule has 19 heavy (non-hydrogen) atoms. The van der Waals surface area contributed by atoms with E-state index in [0.29, 0.717) is 11.7 Å². The van der Waals surface area contributed by atoms with Crippen LogP contribution in [0.25, 0.3) is 11.1 Å². The van der Waals surface area contributed by atoms with Crippen molar-refractivity contribution in [2.75, 3.05) is 18.8 Å². The van der Waals surface area contributed by atoms with Crippen LogP contribution in [0.3, 0.4) is 0 Å². The highest BCUT2D eigenvalue weighted by Crippen LogP contribution is 2.26. The van der Waals surface area contributed by atoms with E-state index in [1.807, 2.05) is 25.3 Å². The van der Waals surface area contributed by atoms with Gasteiger partial charge in [-0.15, -0.1) is 0 Å². The molecule has 4 nitrogen and oxygen atoms in total. The molecule has 0 unspecified atom stereocenters. The molecule has 1 aliphatic rings. The van der Waals surface area contributed by atoms with Gasteiger partial charge in [-0.05, 0) is 49.7 Å². The molecule has 4 heteroatoms. The summed E-state index contributed by atoms with van der Waals surface area (Å²) >= 11 is 0. The van der Waals surface area contributed by atoms with E-state index in [4.69, 9.17) is 5.73 Å². The third-order valence-electron chi connectivity index (χ3n) is 3.57. The number of nitrogens with one attached hydrogen (secondary N) is 1. The molecule has 1 fully saturated rings. The summed E-state index contributed by atoms with van der Waals surface area (Å²) in [5.41, 5.74) is 10.1. The number of aryl methyl sites for hydroxylation is 1. The van der Waals surface area contributed by atoms with Crippen molar-refractivity contribution >= 4 is 5.82 Å². The number of aromatic nitrogens is 2. The molecule has 2 aromatic rings. The first kappa shape index (κ1) is 12.1. The van der Waals surface area contributed by atoms with E-state index >= 15 is 0 Å². The molecule has 1 atom stereocenters. The third kappa shape index (κ3) is 2.58. The Bertz CT molecular complexity index is 571. The van der Waals surface area contributed by atoms with Gasteiger partial charge in [0.1, 0.15) is 5.82 Å². The van der Waals surface area contributed by atoms with E-state index in [9.17, 15) is 0 Å². The largest absolute Gasteiger partial charge is 0.384 e. The first-order valence-electron chi connectivity index (χ1n) is 6.63. The molecule has 1 aliphatic heterocycles. The lowest BCUT2D eigenvalue weighted by Crippen LogP contribution is -2.09. The minimum atomic E-state index is 0.528. The highest BCUT2D eigenvalue weighted by Gasteiger charge is 2.18. The Kier molecular flexibility index (Phi) is 3.17. The van der Waals surface area contributed by atoms with Crippen LogP contribution in [0, 0.1) is 6.92 Å². The lowest BCUT2D eigenvalue weighted by molar-refractivity contribution is 0.731. The van der Waals surface area contributed by atoms with Crippen molar-refractivity contribution in [3.05, 3.63) is 41.9 Å². The molecule has 1 saturated heterocycles. The zero-order valence-corrected chi connectivity index (χ0v) is 11.1. The predicted molar refractivity (Wildman–Crippen MR) is 76.8 cm³/mol. The third-order valence-corrected chi connectivity index (χ3v) is 3.57. The van der Waals surface area contributed by atoms with Crippen LogP contribution >= 0.6 is 0 Å². The Morgan fingerprint density at radius 1 is 1.26 bits per heavy atom. The number of hydrogen-bond acceptors (Lipinski definition) is 4. The van der Waals surface area contributed by atoms with Crippen LogP contribution in [0.4, 0.5) is 5.82 Å². The van der Waals surface area contributed by atoms with Crippen molar-refractivity contribution < 1.29 is 0 Å². The molecule has 0 radical (unpaired) electrons. The van der Waals surface area contributed by atoms with E-state index in [2.05, 4.69) is 27.4 Å². The molecule has 0 aliphatic carbocycles. The first-order valence-corrected chi connectivity index (χ1v) is 6.63. The van der Waals surface area contributed by atoms with Crippen LogP contribution in [-0.4, -0.2) is 23.1 Å². The van der Waals surface area contributed by atoms with Gasteiger partial charge in [-0.25, -0.2) is 4.98 Å². The Balaban J connectivity index is 1.99. The van der Waals surface area contributed by atoms with Crippen LogP contribution < -0.4 is 11.1 Å². The second-order valence-corrected chi connectivity index (χ2v) is 5.08. The van der Waals surface area contributed by atoms with Gasteiger partial charge in [-0.3, -0.25) is 4.98 Å². The summed E-state index contributed by atoms with van der Waals surface area (Å²) in [5.74, 6) is 1.08. The normalized spacial score (nSPS) is 18.7. The topological polar surface area (TPSA) is 63.8 Å². The minimum absolute atomic E-state index is 0.528. The monoisotopic (exact) mass is 254 g/mol. The average molecular weight is 254 g/mol. The van der Waals surface area contributed by atoms with E-state index in [0.717, 1.165) is 30.8 Å². The van der Waals surface area contributed by atoms with Gasteiger partial charge in [0.25, 0.3) is 0 Å². The van der Waals surface area contributed by atoms with Crippen molar-refractivity contribution in [1.29, 1.82) is 0 Å². The van der Waals surface area contributed by atoms with Crippen molar-refractivity contribution in [1.82, 2.24) is 15.3 Å². The fourth-order valence-electron chi connectivity index (χ4n) is 2.55. The summed E-state index contributed by atoms with van der Waals surface area (Å²) in [6.07, 6.45) is 2.98. The lowest BCUT2D eigenvalue weighted by Gasteiger charge is -2.11. The molecule has 0 spiro atoms. The van der Waals surface area contributed by atoms with E-state index < -0.39 is 0 Å². The van der Waals surface area contributed by atoms with Gasteiger partial charge in [0.15, 0.2) is 0 Å². The van der Waals surface area contributed by atoms with Crippen LogP contribution in [0.15, 0.2) is 30.5 Å². The Hall–Kier alpha value is -1.94. The fraction of sp³-hybridized carbons (Fsp3) is 0.333.